The Morgan fingerprint density at radius 2 is 1.85 bits per heavy atom. The van der Waals surface area contributed by atoms with E-state index in [0.29, 0.717) is 5.96 Å². The molecule has 0 aromatic heterocycles. The second-order valence-electron chi connectivity index (χ2n) is 5.64. The summed E-state index contributed by atoms with van der Waals surface area (Å²) in [5.41, 5.74) is 7.85. The van der Waals surface area contributed by atoms with Crippen molar-refractivity contribution in [1.82, 2.24) is 5.32 Å². The molecule has 0 aliphatic rings. The van der Waals surface area contributed by atoms with Gasteiger partial charge in [0.1, 0.15) is 0 Å². The van der Waals surface area contributed by atoms with Gasteiger partial charge in [0.05, 0.1) is 12.6 Å². The number of aliphatic imine (C=N–C) groups is 1. The number of nitrogens with zero attached hydrogens (tertiary/aromatic N) is 1. The van der Waals surface area contributed by atoms with E-state index in [0.717, 1.165) is 12.1 Å². The van der Waals surface area contributed by atoms with Crippen LogP contribution in [0.4, 0.5) is 0 Å². The largest absolute Gasteiger partial charge is 0.386 e. The Morgan fingerprint density at radius 3 is 2.30 bits per heavy atom. The van der Waals surface area contributed by atoms with E-state index in [1.807, 2.05) is 19.1 Å². The second kappa shape index (κ2) is 8.46. The Balaban J connectivity index is 0.00000361. The highest BCUT2D eigenvalue weighted by atomic mass is 127. The molecule has 1 aromatic rings. The summed E-state index contributed by atoms with van der Waals surface area (Å²) in [5, 5.41) is 12.9. The minimum Gasteiger partial charge on any atom is -0.386 e. The number of aliphatic hydroxyl groups is 1. The topological polar surface area (TPSA) is 70.6 Å². The summed E-state index contributed by atoms with van der Waals surface area (Å²) in [4.78, 5) is 4.09. The molecule has 0 fully saturated rings. The van der Waals surface area contributed by atoms with Crippen molar-refractivity contribution in [2.75, 3.05) is 13.1 Å². The molecule has 0 spiro atoms. The van der Waals surface area contributed by atoms with E-state index in [1.165, 1.54) is 5.56 Å². The Morgan fingerprint density at radius 1 is 1.30 bits per heavy atom. The molecule has 1 atom stereocenters. The SMILES string of the molecule is CCNC(N)=NCC(O)c1ccc(C(C)(C)C)cc1.I. The van der Waals surface area contributed by atoms with E-state index in [-0.39, 0.29) is 35.9 Å². The quantitative estimate of drug-likeness (QED) is 0.420. The van der Waals surface area contributed by atoms with Gasteiger partial charge in [0, 0.05) is 6.54 Å². The number of nitrogens with two attached hydrogens (primary N) is 1. The van der Waals surface area contributed by atoms with E-state index >= 15 is 0 Å². The lowest BCUT2D eigenvalue weighted by molar-refractivity contribution is 0.187. The van der Waals surface area contributed by atoms with Crippen molar-refractivity contribution in [1.29, 1.82) is 0 Å². The summed E-state index contributed by atoms with van der Waals surface area (Å²) in [5.74, 6) is 0.368. The number of aliphatic hydroxyl groups excluding tert-OH is 1. The molecule has 0 saturated heterocycles. The lowest BCUT2D eigenvalue weighted by atomic mass is 9.86. The zero-order chi connectivity index (χ0) is 14.5. The summed E-state index contributed by atoms with van der Waals surface area (Å²) in [6.07, 6.45) is -0.619. The number of hydrogen-bond acceptors (Lipinski definition) is 2. The minimum absolute atomic E-state index is 0. The first-order chi connectivity index (χ1) is 8.84. The Bertz CT molecular complexity index is 424. The monoisotopic (exact) mass is 391 g/mol. The van der Waals surface area contributed by atoms with Gasteiger partial charge in [-0.1, -0.05) is 45.0 Å². The number of halogens is 1. The molecule has 0 radical (unpaired) electrons. The maximum absolute atomic E-state index is 10.0. The molecule has 20 heavy (non-hydrogen) atoms. The van der Waals surface area contributed by atoms with Crippen molar-refractivity contribution in [2.24, 2.45) is 10.7 Å². The minimum atomic E-state index is -0.619. The van der Waals surface area contributed by atoms with Crippen molar-refractivity contribution in [2.45, 2.75) is 39.2 Å². The first-order valence-corrected chi connectivity index (χ1v) is 6.67. The fourth-order valence-electron chi connectivity index (χ4n) is 1.73. The van der Waals surface area contributed by atoms with Crippen LogP contribution in [0.5, 0.6) is 0 Å². The van der Waals surface area contributed by atoms with Crippen LogP contribution in [0.1, 0.15) is 44.9 Å². The molecule has 1 unspecified atom stereocenters. The van der Waals surface area contributed by atoms with Gasteiger partial charge in [-0.2, -0.15) is 0 Å². The van der Waals surface area contributed by atoms with E-state index < -0.39 is 6.10 Å². The third-order valence-electron chi connectivity index (χ3n) is 2.95. The third-order valence-corrected chi connectivity index (χ3v) is 2.95. The van der Waals surface area contributed by atoms with Gasteiger partial charge >= 0.3 is 0 Å². The van der Waals surface area contributed by atoms with Crippen LogP contribution in [0.25, 0.3) is 0 Å². The van der Waals surface area contributed by atoms with Gasteiger partial charge in [-0.3, -0.25) is 4.99 Å². The Labute approximate surface area is 138 Å². The molecule has 4 nitrogen and oxygen atoms in total. The number of rotatable bonds is 4. The van der Waals surface area contributed by atoms with Gasteiger partial charge in [-0.05, 0) is 23.5 Å². The highest BCUT2D eigenvalue weighted by Crippen LogP contribution is 2.23. The molecule has 0 bridgehead atoms. The molecular weight excluding hydrogens is 365 g/mol. The zero-order valence-electron chi connectivity index (χ0n) is 12.7. The molecule has 0 saturated carbocycles. The van der Waals surface area contributed by atoms with Crippen molar-refractivity contribution >= 4 is 29.9 Å². The smallest absolute Gasteiger partial charge is 0.188 e. The molecule has 0 heterocycles. The summed E-state index contributed by atoms with van der Waals surface area (Å²) < 4.78 is 0. The van der Waals surface area contributed by atoms with Crippen LogP contribution in [-0.2, 0) is 5.41 Å². The summed E-state index contributed by atoms with van der Waals surface area (Å²) in [6, 6.07) is 8.00. The highest BCUT2D eigenvalue weighted by molar-refractivity contribution is 14.0. The fourth-order valence-corrected chi connectivity index (χ4v) is 1.73. The van der Waals surface area contributed by atoms with Gasteiger partial charge in [-0.15, -0.1) is 24.0 Å². The predicted molar refractivity (Wildman–Crippen MR) is 95.7 cm³/mol. The molecule has 0 aliphatic carbocycles. The average Bonchev–Trinajstić information content (AvgIpc) is 2.35. The maximum atomic E-state index is 10.0. The maximum Gasteiger partial charge on any atom is 0.188 e. The van der Waals surface area contributed by atoms with Gasteiger partial charge in [0.15, 0.2) is 5.96 Å². The van der Waals surface area contributed by atoms with E-state index in [4.69, 9.17) is 5.73 Å². The van der Waals surface area contributed by atoms with Crippen LogP contribution in [0, 0.1) is 0 Å². The molecule has 5 heteroatoms. The Kier molecular flexibility index (Phi) is 8.12. The van der Waals surface area contributed by atoms with Gasteiger partial charge in [0.2, 0.25) is 0 Å². The van der Waals surface area contributed by atoms with Gasteiger partial charge < -0.3 is 16.2 Å². The fraction of sp³-hybridized carbons (Fsp3) is 0.533. The van der Waals surface area contributed by atoms with E-state index in [2.05, 4.69) is 43.2 Å². The zero-order valence-corrected chi connectivity index (χ0v) is 15.0. The van der Waals surface area contributed by atoms with Crippen molar-refractivity contribution in [3.8, 4) is 0 Å². The van der Waals surface area contributed by atoms with Crippen LogP contribution in [0.3, 0.4) is 0 Å². The molecular formula is C15H26IN3O. The lowest BCUT2D eigenvalue weighted by Gasteiger charge is -2.19. The molecule has 1 aromatic carbocycles. The Hall–Kier alpha value is -0.820. The molecule has 0 amide bonds. The summed E-state index contributed by atoms with van der Waals surface area (Å²) in [6.45, 7) is 9.45. The van der Waals surface area contributed by atoms with Crippen LogP contribution in [-0.4, -0.2) is 24.2 Å². The number of guanidine groups is 1. The molecule has 1 rings (SSSR count). The number of hydrogen-bond donors (Lipinski definition) is 3. The van der Waals surface area contributed by atoms with Gasteiger partial charge in [0.25, 0.3) is 0 Å². The summed E-state index contributed by atoms with van der Waals surface area (Å²) in [7, 11) is 0. The summed E-state index contributed by atoms with van der Waals surface area (Å²) >= 11 is 0. The first-order valence-electron chi connectivity index (χ1n) is 6.67. The van der Waals surface area contributed by atoms with Crippen LogP contribution < -0.4 is 11.1 Å². The average molecular weight is 391 g/mol. The molecule has 4 N–H and O–H groups in total. The normalized spacial score (nSPS) is 13.6. The lowest BCUT2D eigenvalue weighted by Crippen LogP contribution is -2.31. The van der Waals surface area contributed by atoms with Crippen molar-refractivity contribution in [3.63, 3.8) is 0 Å². The molecule has 0 aliphatic heterocycles. The standard InChI is InChI=1S/C15H25N3O.HI/c1-5-17-14(16)18-10-13(19)11-6-8-12(9-7-11)15(2,3)4;/h6-9,13,19H,5,10H2,1-4H3,(H3,16,17,18);1H. The van der Waals surface area contributed by atoms with Crippen LogP contribution in [0.2, 0.25) is 0 Å². The molecule has 114 valence electrons. The number of benzene rings is 1. The second-order valence-corrected chi connectivity index (χ2v) is 5.64. The van der Waals surface area contributed by atoms with Crippen molar-refractivity contribution < 1.29 is 5.11 Å². The van der Waals surface area contributed by atoms with Gasteiger partial charge in [-0.25, -0.2) is 0 Å². The first kappa shape index (κ1) is 19.2. The van der Waals surface area contributed by atoms with Crippen LogP contribution >= 0.6 is 24.0 Å². The highest BCUT2D eigenvalue weighted by Gasteiger charge is 2.14. The third kappa shape index (κ3) is 6.09. The van der Waals surface area contributed by atoms with E-state index in [1.54, 1.807) is 0 Å². The van der Waals surface area contributed by atoms with Crippen LogP contribution in [0.15, 0.2) is 29.3 Å². The predicted octanol–water partition coefficient (Wildman–Crippen LogP) is 2.56. The van der Waals surface area contributed by atoms with Crippen molar-refractivity contribution in [3.05, 3.63) is 35.4 Å². The van der Waals surface area contributed by atoms with E-state index in [9.17, 15) is 5.11 Å². The number of nitrogens with one attached hydrogen (secondary N) is 1.